The van der Waals surface area contributed by atoms with Crippen LogP contribution in [0.2, 0.25) is 0 Å². The second kappa shape index (κ2) is 8.23. The number of carbonyl (C=O) groups is 1. The number of nitrogens with zero attached hydrogens (tertiary/aromatic N) is 1. The number of halogens is 1. The summed E-state index contributed by atoms with van der Waals surface area (Å²) in [5.74, 6) is 1.92. The Hall–Kier alpha value is -1.85. The molecular formula is C20H26ClN3O2. The molecule has 6 heteroatoms. The Bertz CT molecular complexity index is 720. The van der Waals surface area contributed by atoms with Crippen LogP contribution in [-0.2, 0) is 11.3 Å². The van der Waals surface area contributed by atoms with Gasteiger partial charge in [0.25, 0.3) is 0 Å². The van der Waals surface area contributed by atoms with Gasteiger partial charge in [0, 0.05) is 23.6 Å². The van der Waals surface area contributed by atoms with Gasteiger partial charge in [-0.25, -0.2) is 0 Å². The molecule has 2 aliphatic rings. The third-order valence-electron chi connectivity index (χ3n) is 5.85. The Balaban J connectivity index is 0.00000196. The molecule has 0 aliphatic heterocycles. The van der Waals surface area contributed by atoms with Crippen molar-refractivity contribution in [1.82, 2.24) is 10.5 Å². The molecule has 0 saturated heterocycles. The second-order valence-electron chi connectivity index (χ2n) is 7.46. The summed E-state index contributed by atoms with van der Waals surface area (Å²) in [4.78, 5) is 12.6. The second-order valence-corrected chi connectivity index (χ2v) is 7.46. The predicted molar refractivity (Wildman–Crippen MR) is 103 cm³/mol. The SMILES string of the molecule is Cl.NC1C2CCCC1CC(C(=O)NCc1cc(-c3ccccc3)no1)C2. The molecule has 1 heterocycles. The van der Waals surface area contributed by atoms with Crippen LogP contribution in [0.15, 0.2) is 40.9 Å². The molecule has 1 aromatic heterocycles. The van der Waals surface area contributed by atoms with Crippen molar-refractivity contribution in [2.45, 2.75) is 44.7 Å². The van der Waals surface area contributed by atoms with Gasteiger partial charge in [0.05, 0.1) is 6.54 Å². The summed E-state index contributed by atoms with van der Waals surface area (Å²) in [6, 6.07) is 12.1. The zero-order chi connectivity index (χ0) is 17.2. The molecule has 2 bridgehead atoms. The fourth-order valence-electron chi connectivity index (χ4n) is 4.46. The van der Waals surface area contributed by atoms with Gasteiger partial charge in [0.15, 0.2) is 5.76 Å². The maximum atomic E-state index is 12.6. The molecule has 5 nitrogen and oxygen atoms in total. The zero-order valence-electron chi connectivity index (χ0n) is 14.8. The Morgan fingerprint density at radius 1 is 1.19 bits per heavy atom. The van der Waals surface area contributed by atoms with E-state index in [9.17, 15) is 4.79 Å². The lowest BCUT2D eigenvalue weighted by atomic mass is 9.65. The van der Waals surface area contributed by atoms with E-state index in [1.165, 1.54) is 19.3 Å². The summed E-state index contributed by atoms with van der Waals surface area (Å²) < 4.78 is 5.36. The number of aromatic nitrogens is 1. The highest BCUT2D eigenvalue weighted by Gasteiger charge is 2.40. The molecule has 1 amide bonds. The average Bonchev–Trinajstić information content (AvgIpc) is 3.09. The number of hydrogen-bond acceptors (Lipinski definition) is 4. The van der Waals surface area contributed by atoms with Gasteiger partial charge in [0.2, 0.25) is 5.91 Å². The number of benzene rings is 1. The minimum atomic E-state index is 0. The smallest absolute Gasteiger partial charge is 0.223 e. The van der Waals surface area contributed by atoms with Gasteiger partial charge in [-0.15, -0.1) is 12.4 Å². The number of fused-ring (bicyclic) bond motifs is 2. The summed E-state index contributed by atoms with van der Waals surface area (Å²) in [5, 5.41) is 7.11. The molecular weight excluding hydrogens is 350 g/mol. The quantitative estimate of drug-likeness (QED) is 0.856. The summed E-state index contributed by atoms with van der Waals surface area (Å²) in [7, 11) is 0. The van der Waals surface area contributed by atoms with E-state index in [2.05, 4.69) is 10.5 Å². The van der Waals surface area contributed by atoms with Gasteiger partial charge in [0.1, 0.15) is 5.69 Å². The van der Waals surface area contributed by atoms with Crippen LogP contribution in [0.25, 0.3) is 11.3 Å². The van der Waals surface area contributed by atoms with Crippen molar-refractivity contribution in [3.05, 3.63) is 42.2 Å². The summed E-state index contributed by atoms with van der Waals surface area (Å²) >= 11 is 0. The van der Waals surface area contributed by atoms with Crippen molar-refractivity contribution in [1.29, 1.82) is 0 Å². The van der Waals surface area contributed by atoms with E-state index in [1.54, 1.807) is 0 Å². The van der Waals surface area contributed by atoms with E-state index in [0.717, 1.165) is 24.1 Å². The van der Waals surface area contributed by atoms with Gasteiger partial charge in [-0.1, -0.05) is 41.9 Å². The number of carbonyl (C=O) groups excluding carboxylic acids is 1. The highest BCUT2D eigenvalue weighted by Crippen LogP contribution is 2.41. The standard InChI is InChI=1S/C20H25N3O2.ClH/c21-19-14-7-4-8-15(19)10-16(9-14)20(24)22-12-17-11-18(23-25-17)13-5-2-1-3-6-13;/h1-3,5-6,11,14-16,19H,4,7-10,12,21H2,(H,22,24);1H. The Labute approximate surface area is 160 Å². The van der Waals surface area contributed by atoms with E-state index in [1.807, 2.05) is 36.4 Å². The molecule has 4 rings (SSSR count). The van der Waals surface area contributed by atoms with Gasteiger partial charge in [-0.3, -0.25) is 4.79 Å². The van der Waals surface area contributed by atoms with E-state index in [-0.39, 0.29) is 24.2 Å². The van der Waals surface area contributed by atoms with Crippen molar-refractivity contribution < 1.29 is 9.32 Å². The fourth-order valence-corrected chi connectivity index (χ4v) is 4.46. The molecule has 0 radical (unpaired) electrons. The van der Waals surface area contributed by atoms with Crippen LogP contribution in [0.4, 0.5) is 0 Å². The van der Waals surface area contributed by atoms with Crippen molar-refractivity contribution >= 4 is 18.3 Å². The van der Waals surface area contributed by atoms with Gasteiger partial charge in [-0.05, 0) is 37.5 Å². The summed E-state index contributed by atoms with van der Waals surface area (Å²) in [5.41, 5.74) is 8.12. The highest BCUT2D eigenvalue weighted by atomic mass is 35.5. The van der Waals surface area contributed by atoms with E-state index in [0.29, 0.717) is 30.2 Å². The van der Waals surface area contributed by atoms with E-state index in [4.69, 9.17) is 10.3 Å². The lowest BCUT2D eigenvalue weighted by Crippen LogP contribution is -2.49. The molecule has 3 N–H and O–H groups in total. The number of amides is 1. The van der Waals surface area contributed by atoms with Crippen LogP contribution in [0.3, 0.4) is 0 Å². The highest BCUT2D eigenvalue weighted by molar-refractivity contribution is 5.85. The Kier molecular flexibility index (Phi) is 5.99. The molecule has 2 aliphatic carbocycles. The van der Waals surface area contributed by atoms with Crippen LogP contribution >= 0.6 is 12.4 Å². The lowest BCUT2D eigenvalue weighted by Gasteiger charge is -2.43. The fraction of sp³-hybridized carbons (Fsp3) is 0.500. The van der Waals surface area contributed by atoms with Crippen molar-refractivity contribution in [2.24, 2.45) is 23.5 Å². The number of nitrogens with two attached hydrogens (primary N) is 1. The first-order valence-corrected chi connectivity index (χ1v) is 9.25. The minimum absolute atomic E-state index is 0. The van der Waals surface area contributed by atoms with Crippen LogP contribution in [0.1, 0.15) is 37.9 Å². The topological polar surface area (TPSA) is 81.2 Å². The molecule has 2 unspecified atom stereocenters. The molecule has 2 atom stereocenters. The van der Waals surface area contributed by atoms with Gasteiger partial charge >= 0.3 is 0 Å². The molecule has 2 saturated carbocycles. The van der Waals surface area contributed by atoms with Crippen LogP contribution in [0, 0.1) is 17.8 Å². The minimum Gasteiger partial charge on any atom is -0.359 e. The van der Waals surface area contributed by atoms with Crippen LogP contribution in [-0.4, -0.2) is 17.1 Å². The first kappa shape index (κ1) is 18.9. The van der Waals surface area contributed by atoms with Crippen molar-refractivity contribution in [2.75, 3.05) is 0 Å². The molecule has 0 spiro atoms. The lowest BCUT2D eigenvalue weighted by molar-refractivity contribution is -0.128. The first-order valence-electron chi connectivity index (χ1n) is 9.25. The summed E-state index contributed by atoms with van der Waals surface area (Å²) in [6.07, 6.45) is 5.45. The van der Waals surface area contributed by atoms with Gasteiger partial charge < -0.3 is 15.6 Å². The number of rotatable bonds is 4. The molecule has 2 aromatic rings. The largest absolute Gasteiger partial charge is 0.359 e. The molecule has 140 valence electrons. The third-order valence-corrected chi connectivity index (χ3v) is 5.85. The number of hydrogen-bond donors (Lipinski definition) is 2. The van der Waals surface area contributed by atoms with Crippen LogP contribution in [0.5, 0.6) is 0 Å². The van der Waals surface area contributed by atoms with Crippen molar-refractivity contribution in [3.63, 3.8) is 0 Å². The van der Waals surface area contributed by atoms with Gasteiger partial charge in [-0.2, -0.15) is 0 Å². The van der Waals surface area contributed by atoms with Crippen molar-refractivity contribution in [3.8, 4) is 11.3 Å². The third kappa shape index (κ3) is 3.94. The maximum absolute atomic E-state index is 12.6. The maximum Gasteiger partial charge on any atom is 0.223 e. The van der Waals surface area contributed by atoms with E-state index < -0.39 is 0 Å². The van der Waals surface area contributed by atoms with E-state index >= 15 is 0 Å². The molecule has 1 aromatic carbocycles. The monoisotopic (exact) mass is 375 g/mol. The predicted octanol–water partition coefficient (Wildman–Crippen LogP) is 3.53. The molecule has 26 heavy (non-hydrogen) atoms. The summed E-state index contributed by atoms with van der Waals surface area (Å²) in [6.45, 7) is 0.385. The Morgan fingerprint density at radius 2 is 1.88 bits per heavy atom. The molecule has 2 fully saturated rings. The normalized spacial score (nSPS) is 27.4. The zero-order valence-corrected chi connectivity index (χ0v) is 15.6. The van der Waals surface area contributed by atoms with Crippen LogP contribution < -0.4 is 11.1 Å². The number of nitrogens with one attached hydrogen (secondary N) is 1. The Morgan fingerprint density at radius 3 is 2.58 bits per heavy atom. The average molecular weight is 376 g/mol. The first-order chi connectivity index (χ1) is 12.2.